The molecule has 0 unspecified atom stereocenters. The molecule has 1 N–H and O–H groups in total. The van der Waals surface area contributed by atoms with Gasteiger partial charge in [0.2, 0.25) is 0 Å². The Morgan fingerprint density at radius 2 is 2.14 bits per heavy atom. The second-order valence-electron chi connectivity index (χ2n) is 4.07. The molecule has 0 aliphatic rings. The fourth-order valence-corrected chi connectivity index (χ4v) is 3.40. The summed E-state index contributed by atoms with van der Waals surface area (Å²) >= 11 is 2.93. The monoisotopic (exact) mass is 321 g/mol. The van der Waals surface area contributed by atoms with E-state index < -0.39 is 5.97 Å². The van der Waals surface area contributed by atoms with Gasteiger partial charge in [-0.1, -0.05) is 6.07 Å². The van der Waals surface area contributed by atoms with Crippen molar-refractivity contribution in [1.29, 1.82) is 0 Å². The van der Waals surface area contributed by atoms with Gasteiger partial charge in [0.25, 0.3) is 5.91 Å². The standard InChI is InChI=1S/C15H15NO3S2/c1-3-19-15(18)10-5-4-6-11(9-10)16-14(17)13-12(20-2)7-8-21-13/h4-9H,3H2,1-2H3,(H,16,17). The van der Waals surface area contributed by atoms with Gasteiger partial charge < -0.3 is 10.1 Å². The molecule has 1 heterocycles. The molecular weight excluding hydrogens is 306 g/mol. The summed E-state index contributed by atoms with van der Waals surface area (Å²) < 4.78 is 4.94. The highest BCUT2D eigenvalue weighted by Gasteiger charge is 2.14. The van der Waals surface area contributed by atoms with Crippen molar-refractivity contribution in [3.05, 3.63) is 46.2 Å². The molecule has 0 saturated heterocycles. The van der Waals surface area contributed by atoms with Crippen LogP contribution in [0.1, 0.15) is 27.0 Å². The number of esters is 1. The van der Waals surface area contributed by atoms with Crippen LogP contribution in [-0.4, -0.2) is 24.7 Å². The van der Waals surface area contributed by atoms with Crippen molar-refractivity contribution in [3.63, 3.8) is 0 Å². The summed E-state index contributed by atoms with van der Waals surface area (Å²) in [5.41, 5.74) is 0.997. The van der Waals surface area contributed by atoms with Crippen molar-refractivity contribution in [1.82, 2.24) is 0 Å². The van der Waals surface area contributed by atoms with E-state index in [2.05, 4.69) is 5.32 Å². The first-order valence-electron chi connectivity index (χ1n) is 6.35. The average molecular weight is 321 g/mol. The average Bonchev–Trinajstić information content (AvgIpc) is 2.96. The van der Waals surface area contributed by atoms with Crippen LogP contribution in [0.5, 0.6) is 0 Å². The number of rotatable bonds is 5. The molecule has 0 spiro atoms. The van der Waals surface area contributed by atoms with Crippen molar-refractivity contribution in [2.24, 2.45) is 0 Å². The highest BCUT2D eigenvalue weighted by Crippen LogP contribution is 2.26. The lowest BCUT2D eigenvalue weighted by atomic mass is 10.2. The molecule has 1 aromatic carbocycles. The Morgan fingerprint density at radius 1 is 1.33 bits per heavy atom. The number of hydrogen-bond acceptors (Lipinski definition) is 5. The van der Waals surface area contributed by atoms with E-state index in [1.807, 2.05) is 17.7 Å². The number of ether oxygens (including phenoxy) is 1. The van der Waals surface area contributed by atoms with E-state index >= 15 is 0 Å². The Kier molecular flexibility index (Phi) is 5.41. The molecule has 21 heavy (non-hydrogen) atoms. The quantitative estimate of drug-likeness (QED) is 0.670. The lowest BCUT2D eigenvalue weighted by molar-refractivity contribution is 0.0526. The van der Waals surface area contributed by atoms with E-state index in [-0.39, 0.29) is 5.91 Å². The van der Waals surface area contributed by atoms with Crippen LogP contribution in [0, 0.1) is 0 Å². The van der Waals surface area contributed by atoms with E-state index in [1.54, 1.807) is 31.2 Å². The molecule has 2 rings (SSSR count). The second-order valence-corrected chi connectivity index (χ2v) is 5.84. The number of hydrogen-bond donors (Lipinski definition) is 1. The minimum Gasteiger partial charge on any atom is -0.462 e. The summed E-state index contributed by atoms with van der Waals surface area (Å²) in [6, 6.07) is 8.65. The molecule has 110 valence electrons. The molecular formula is C15H15NO3S2. The normalized spacial score (nSPS) is 10.2. The molecule has 0 aliphatic heterocycles. The van der Waals surface area contributed by atoms with Gasteiger partial charge in [0.05, 0.1) is 12.2 Å². The van der Waals surface area contributed by atoms with Crippen LogP contribution in [0.4, 0.5) is 5.69 Å². The van der Waals surface area contributed by atoms with E-state index in [9.17, 15) is 9.59 Å². The van der Waals surface area contributed by atoms with Gasteiger partial charge in [0.15, 0.2) is 0 Å². The van der Waals surface area contributed by atoms with E-state index in [0.29, 0.717) is 22.7 Å². The third-order valence-corrected chi connectivity index (χ3v) is 4.51. The van der Waals surface area contributed by atoms with Gasteiger partial charge in [-0.05, 0) is 42.8 Å². The zero-order valence-corrected chi connectivity index (χ0v) is 13.3. The van der Waals surface area contributed by atoms with Crippen LogP contribution >= 0.6 is 23.1 Å². The number of thiophene rings is 1. The van der Waals surface area contributed by atoms with Crippen molar-refractivity contribution in [3.8, 4) is 0 Å². The molecule has 0 radical (unpaired) electrons. The van der Waals surface area contributed by atoms with Crippen molar-refractivity contribution in [2.45, 2.75) is 11.8 Å². The smallest absolute Gasteiger partial charge is 0.338 e. The molecule has 1 aromatic heterocycles. The number of thioether (sulfide) groups is 1. The van der Waals surface area contributed by atoms with Gasteiger partial charge >= 0.3 is 5.97 Å². The molecule has 1 amide bonds. The largest absolute Gasteiger partial charge is 0.462 e. The number of anilines is 1. The Morgan fingerprint density at radius 3 is 2.86 bits per heavy atom. The van der Waals surface area contributed by atoms with Gasteiger partial charge in [-0.3, -0.25) is 4.79 Å². The lowest BCUT2D eigenvalue weighted by Gasteiger charge is -2.07. The number of nitrogens with one attached hydrogen (secondary N) is 1. The summed E-state index contributed by atoms with van der Waals surface area (Å²) in [6.07, 6.45) is 1.93. The number of carbonyl (C=O) groups is 2. The predicted octanol–water partition coefficient (Wildman–Crippen LogP) is 3.90. The van der Waals surface area contributed by atoms with Crippen molar-refractivity contribution < 1.29 is 14.3 Å². The minimum absolute atomic E-state index is 0.171. The molecule has 0 bridgehead atoms. The molecule has 6 heteroatoms. The highest BCUT2D eigenvalue weighted by molar-refractivity contribution is 7.98. The SMILES string of the molecule is CCOC(=O)c1cccc(NC(=O)c2sccc2SC)c1. The first-order valence-corrected chi connectivity index (χ1v) is 8.46. The lowest BCUT2D eigenvalue weighted by Crippen LogP contribution is -2.12. The molecule has 4 nitrogen and oxygen atoms in total. The van der Waals surface area contributed by atoms with Crippen LogP contribution in [0.25, 0.3) is 0 Å². The number of benzene rings is 1. The summed E-state index contributed by atoms with van der Waals surface area (Å²) in [4.78, 5) is 25.5. The van der Waals surface area contributed by atoms with Crippen molar-refractivity contribution in [2.75, 3.05) is 18.2 Å². The van der Waals surface area contributed by atoms with E-state index in [0.717, 1.165) is 4.90 Å². The van der Waals surface area contributed by atoms with Crippen LogP contribution in [-0.2, 0) is 4.74 Å². The summed E-state index contributed by atoms with van der Waals surface area (Å²) in [5.74, 6) is -0.565. The maximum absolute atomic E-state index is 12.2. The molecule has 0 atom stereocenters. The predicted molar refractivity (Wildman–Crippen MR) is 86.5 cm³/mol. The zero-order chi connectivity index (χ0) is 15.2. The van der Waals surface area contributed by atoms with Gasteiger partial charge in [0.1, 0.15) is 4.88 Å². The number of carbonyl (C=O) groups excluding carboxylic acids is 2. The van der Waals surface area contributed by atoms with Gasteiger partial charge in [-0.15, -0.1) is 23.1 Å². The Balaban J connectivity index is 2.14. The molecule has 0 aliphatic carbocycles. The van der Waals surface area contributed by atoms with Gasteiger partial charge in [0, 0.05) is 10.6 Å². The van der Waals surface area contributed by atoms with Crippen molar-refractivity contribution >= 4 is 40.7 Å². The van der Waals surface area contributed by atoms with Gasteiger partial charge in [-0.25, -0.2) is 4.79 Å². The summed E-state index contributed by atoms with van der Waals surface area (Å²) in [6.45, 7) is 2.08. The highest BCUT2D eigenvalue weighted by atomic mass is 32.2. The Bertz CT molecular complexity index is 652. The van der Waals surface area contributed by atoms with Crippen LogP contribution in [0.15, 0.2) is 40.6 Å². The van der Waals surface area contributed by atoms with E-state index in [4.69, 9.17) is 4.74 Å². The summed E-state index contributed by atoms with van der Waals surface area (Å²) in [5, 5.41) is 4.69. The third kappa shape index (κ3) is 3.86. The van der Waals surface area contributed by atoms with Gasteiger partial charge in [-0.2, -0.15) is 0 Å². The minimum atomic E-state index is -0.394. The summed E-state index contributed by atoms with van der Waals surface area (Å²) in [7, 11) is 0. The van der Waals surface area contributed by atoms with E-state index in [1.165, 1.54) is 23.1 Å². The Labute approximate surface area is 131 Å². The fraction of sp³-hybridized carbons (Fsp3) is 0.200. The maximum Gasteiger partial charge on any atom is 0.338 e. The zero-order valence-electron chi connectivity index (χ0n) is 11.7. The molecule has 2 aromatic rings. The van der Waals surface area contributed by atoms with Crippen LogP contribution in [0.3, 0.4) is 0 Å². The second kappa shape index (κ2) is 7.28. The molecule has 0 saturated carbocycles. The number of amides is 1. The fourth-order valence-electron chi connectivity index (χ4n) is 1.75. The Hall–Kier alpha value is -1.79. The topological polar surface area (TPSA) is 55.4 Å². The maximum atomic E-state index is 12.2. The third-order valence-electron chi connectivity index (χ3n) is 2.69. The first-order chi connectivity index (χ1) is 10.2. The first kappa shape index (κ1) is 15.6. The van der Waals surface area contributed by atoms with Crippen LogP contribution in [0.2, 0.25) is 0 Å². The van der Waals surface area contributed by atoms with Crippen LogP contribution < -0.4 is 5.32 Å². The molecule has 0 fully saturated rings.